The summed E-state index contributed by atoms with van der Waals surface area (Å²) in [5, 5.41) is 10.1. The van der Waals surface area contributed by atoms with E-state index in [-0.39, 0.29) is 5.91 Å². The number of aromatic nitrogens is 4. The molecule has 1 saturated heterocycles. The average Bonchev–Trinajstić information content (AvgIpc) is 3.36. The van der Waals surface area contributed by atoms with Crippen LogP contribution in [0.4, 0.5) is 0 Å². The molecule has 0 spiro atoms. The molecule has 158 valence electrons. The van der Waals surface area contributed by atoms with Crippen LogP contribution in [0, 0.1) is 11.3 Å². The van der Waals surface area contributed by atoms with Gasteiger partial charge in [-0.15, -0.1) is 0 Å². The number of nitrogens with one attached hydrogen (secondary N) is 1. The molecule has 1 atom stereocenters. The minimum absolute atomic E-state index is 0.0622. The first kappa shape index (κ1) is 20.4. The van der Waals surface area contributed by atoms with Gasteiger partial charge in [0, 0.05) is 63.7 Å². The number of fused-ring (bicyclic) bond motifs is 3. The van der Waals surface area contributed by atoms with Crippen molar-refractivity contribution in [3.63, 3.8) is 0 Å². The van der Waals surface area contributed by atoms with Crippen LogP contribution >= 0.6 is 0 Å². The van der Waals surface area contributed by atoms with Crippen molar-refractivity contribution >= 4 is 28.0 Å². The Labute approximate surface area is 176 Å². The number of hydrogen-bond donors (Lipinski definition) is 1. The molecule has 3 aromatic rings. The Morgan fingerprint density at radius 2 is 2.20 bits per heavy atom. The summed E-state index contributed by atoms with van der Waals surface area (Å²) < 4.78 is 2.40. The zero-order valence-electron chi connectivity index (χ0n) is 17.9. The summed E-state index contributed by atoms with van der Waals surface area (Å²) in [6.07, 6.45) is 7.07. The fourth-order valence-electron chi connectivity index (χ4n) is 4.48. The molecule has 1 amide bonds. The molecule has 0 saturated carbocycles. The highest BCUT2D eigenvalue weighted by Crippen LogP contribution is 2.33. The monoisotopic (exact) mass is 407 g/mol. The molecule has 8 nitrogen and oxygen atoms in total. The van der Waals surface area contributed by atoms with Crippen LogP contribution in [0.25, 0.3) is 22.1 Å². The number of carbonyl (C=O) groups is 1. The molecule has 1 aliphatic rings. The summed E-state index contributed by atoms with van der Waals surface area (Å²) in [6.45, 7) is 6.31. The first-order valence-electron chi connectivity index (χ1n) is 10.6. The maximum absolute atomic E-state index is 11.7. The van der Waals surface area contributed by atoms with Crippen molar-refractivity contribution in [2.45, 2.75) is 51.6 Å². The second-order valence-corrected chi connectivity index (χ2v) is 8.30. The normalized spacial score (nSPS) is 16.7. The van der Waals surface area contributed by atoms with E-state index in [2.05, 4.69) is 38.5 Å². The lowest BCUT2D eigenvalue weighted by Crippen LogP contribution is -2.40. The summed E-state index contributed by atoms with van der Waals surface area (Å²) >= 11 is 0. The van der Waals surface area contributed by atoms with Gasteiger partial charge in [-0.3, -0.25) is 9.69 Å². The van der Waals surface area contributed by atoms with Crippen LogP contribution in [0.2, 0.25) is 0 Å². The highest BCUT2D eigenvalue weighted by atomic mass is 16.2. The van der Waals surface area contributed by atoms with Gasteiger partial charge in [-0.2, -0.15) is 5.26 Å². The third-order valence-corrected chi connectivity index (χ3v) is 6.39. The summed E-state index contributed by atoms with van der Waals surface area (Å²) in [5.41, 5.74) is 2.91. The number of H-pyrrole nitrogens is 1. The quantitative estimate of drug-likeness (QED) is 0.678. The Bertz CT molecular complexity index is 1080. The van der Waals surface area contributed by atoms with E-state index < -0.39 is 0 Å². The molecule has 1 N–H and O–H groups in total. The molecular formula is C22H29N7O. The number of imidazole rings is 1. The molecule has 8 heteroatoms. The molecule has 0 aromatic carbocycles. The SMILES string of the molecule is CC(=O)N(C)CCc1nc2cnc3[nH]ccc3c2n1C1CCN(C(C)CC#N)CC1. The van der Waals surface area contributed by atoms with Crippen LogP contribution in [0.1, 0.15) is 45.0 Å². The Balaban J connectivity index is 1.68. The molecule has 0 bridgehead atoms. The molecule has 0 aliphatic carbocycles. The largest absolute Gasteiger partial charge is 0.346 e. The third-order valence-electron chi connectivity index (χ3n) is 6.39. The zero-order valence-corrected chi connectivity index (χ0v) is 17.9. The van der Waals surface area contributed by atoms with Crippen molar-refractivity contribution < 1.29 is 4.79 Å². The fraction of sp³-hybridized carbons (Fsp3) is 0.545. The van der Waals surface area contributed by atoms with E-state index in [0.29, 0.717) is 31.5 Å². The van der Waals surface area contributed by atoms with Crippen molar-refractivity contribution in [3.8, 4) is 6.07 Å². The molecule has 1 fully saturated rings. The lowest BCUT2D eigenvalue weighted by Gasteiger charge is -2.36. The third kappa shape index (κ3) is 3.77. The fourth-order valence-corrected chi connectivity index (χ4v) is 4.48. The number of hydrogen-bond acceptors (Lipinski definition) is 5. The predicted octanol–water partition coefficient (Wildman–Crippen LogP) is 2.87. The van der Waals surface area contributed by atoms with Gasteiger partial charge in [0.2, 0.25) is 5.91 Å². The average molecular weight is 408 g/mol. The predicted molar refractivity (Wildman–Crippen MR) is 116 cm³/mol. The Kier molecular flexibility index (Phi) is 5.73. The molecule has 1 unspecified atom stereocenters. The van der Waals surface area contributed by atoms with Crippen LogP contribution in [0.15, 0.2) is 18.5 Å². The van der Waals surface area contributed by atoms with Crippen LogP contribution in [0.3, 0.4) is 0 Å². The standard InChI is InChI=1S/C22H29N7O/c1-15(4-9-23)28-12-6-17(7-13-28)29-20(8-11-27(3)16(2)30)26-19-14-25-22-18(21(19)29)5-10-24-22/h5,10,14-15,17H,4,6-8,11-13H2,1-3H3,(H,24,25). The van der Waals surface area contributed by atoms with E-state index in [4.69, 9.17) is 10.2 Å². The maximum Gasteiger partial charge on any atom is 0.219 e. The number of carbonyl (C=O) groups excluding carboxylic acids is 1. The second kappa shape index (κ2) is 8.44. The van der Waals surface area contributed by atoms with Gasteiger partial charge in [0.25, 0.3) is 0 Å². The Morgan fingerprint density at radius 1 is 1.43 bits per heavy atom. The number of aromatic amines is 1. The number of likely N-dealkylation sites (tertiary alicyclic amines) is 1. The topological polar surface area (TPSA) is 93.8 Å². The number of likely N-dealkylation sites (N-methyl/N-ethyl adjacent to an activating group) is 1. The first-order chi connectivity index (χ1) is 14.5. The van der Waals surface area contributed by atoms with Gasteiger partial charge in [-0.05, 0) is 25.8 Å². The number of rotatable bonds is 6. The maximum atomic E-state index is 11.7. The van der Waals surface area contributed by atoms with Gasteiger partial charge < -0.3 is 14.5 Å². The van der Waals surface area contributed by atoms with Crippen LogP contribution in [0.5, 0.6) is 0 Å². The number of nitriles is 1. The lowest BCUT2D eigenvalue weighted by atomic mass is 10.0. The van der Waals surface area contributed by atoms with Crippen LogP contribution in [-0.2, 0) is 11.2 Å². The van der Waals surface area contributed by atoms with Crippen LogP contribution in [-0.4, -0.2) is 67.9 Å². The Hall–Kier alpha value is -2.92. The minimum atomic E-state index is 0.0622. The van der Waals surface area contributed by atoms with Gasteiger partial charge in [0.15, 0.2) is 0 Å². The van der Waals surface area contributed by atoms with E-state index in [9.17, 15) is 4.79 Å². The molecule has 3 aromatic heterocycles. The van der Waals surface area contributed by atoms with E-state index in [0.717, 1.165) is 53.8 Å². The number of nitrogens with zero attached hydrogens (tertiary/aromatic N) is 6. The van der Waals surface area contributed by atoms with Gasteiger partial charge in [-0.25, -0.2) is 9.97 Å². The molecule has 0 radical (unpaired) electrons. The van der Waals surface area contributed by atoms with Crippen LogP contribution < -0.4 is 0 Å². The number of piperidine rings is 1. The Morgan fingerprint density at radius 3 is 2.90 bits per heavy atom. The van der Waals surface area contributed by atoms with E-state index >= 15 is 0 Å². The van der Waals surface area contributed by atoms with Crippen molar-refractivity contribution in [1.82, 2.24) is 29.3 Å². The highest BCUT2D eigenvalue weighted by molar-refractivity contribution is 6.01. The molecule has 4 rings (SSSR count). The van der Waals surface area contributed by atoms with Crippen molar-refractivity contribution in [1.29, 1.82) is 5.26 Å². The number of pyridine rings is 1. The highest BCUT2D eigenvalue weighted by Gasteiger charge is 2.27. The zero-order chi connectivity index (χ0) is 21.3. The summed E-state index contributed by atoms with van der Waals surface area (Å²) in [5.74, 6) is 1.07. The summed E-state index contributed by atoms with van der Waals surface area (Å²) in [6, 6.07) is 5.00. The molecule has 30 heavy (non-hydrogen) atoms. The van der Waals surface area contributed by atoms with Crippen molar-refractivity contribution in [3.05, 3.63) is 24.3 Å². The van der Waals surface area contributed by atoms with Crippen molar-refractivity contribution in [2.24, 2.45) is 0 Å². The van der Waals surface area contributed by atoms with Gasteiger partial charge >= 0.3 is 0 Å². The van der Waals surface area contributed by atoms with E-state index in [1.807, 2.05) is 19.4 Å². The van der Waals surface area contributed by atoms with E-state index in [1.54, 1.807) is 11.8 Å². The van der Waals surface area contributed by atoms with Gasteiger partial charge in [-0.1, -0.05) is 0 Å². The molecule has 1 aliphatic heterocycles. The summed E-state index contributed by atoms with van der Waals surface area (Å²) in [7, 11) is 1.83. The minimum Gasteiger partial charge on any atom is -0.346 e. The van der Waals surface area contributed by atoms with Gasteiger partial charge in [0.1, 0.15) is 17.0 Å². The van der Waals surface area contributed by atoms with Gasteiger partial charge in [0.05, 0.1) is 24.2 Å². The van der Waals surface area contributed by atoms with E-state index in [1.165, 1.54) is 0 Å². The van der Waals surface area contributed by atoms with Crippen molar-refractivity contribution in [2.75, 3.05) is 26.7 Å². The summed E-state index contributed by atoms with van der Waals surface area (Å²) in [4.78, 5) is 28.5. The number of amides is 1. The molecule has 4 heterocycles. The first-order valence-corrected chi connectivity index (χ1v) is 10.6. The molecular weight excluding hydrogens is 378 g/mol. The second-order valence-electron chi connectivity index (χ2n) is 8.30. The smallest absolute Gasteiger partial charge is 0.219 e. The lowest BCUT2D eigenvalue weighted by molar-refractivity contribution is -0.127.